The number of hydrogen-bond donors (Lipinski definition) is 1. The third kappa shape index (κ3) is 13.0. The van der Waals surface area contributed by atoms with Crippen LogP contribution in [-0.4, -0.2) is 70.6 Å². The molecule has 12 nitrogen and oxygen atoms in total. The van der Waals surface area contributed by atoms with Gasteiger partial charge in [-0.05, 0) is 116 Å². The SMILES string of the molecule is C=C(C)C(=O)OC.COC(=O)/C(C)=C/c1cc2c(C)cncc2s1.COC(=O)c1cc2c(C)cncc2s1.Cc1cncc2sc(C=O)cc12.Cc1cncc2sc(CO)cc12. The van der Waals surface area contributed by atoms with Crippen LogP contribution in [0.3, 0.4) is 0 Å². The number of methoxy groups -OCH3 is 3. The summed E-state index contributed by atoms with van der Waals surface area (Å²) in [6.45, 7) is 14.9. The number of aryl methyl sites for hydroxylation is 4. The molecule has 0 aliphatic rings. The van der Waals surface area contributed by atoms with E-state index < -0.39 is 0 Å². The van der Waals surface area contributed by atoms with Crippen LogP contribution in [-0.2, 0) is 30.4 Å². The average Bonchev–Trinajstić information content (AvgIpc) is 4.09. The maximum atomic E-state index is 11.3. The van der Waals surface area contributed by atoms with Gasteiger partial charge in [0.25, 0.3) is 0 Å². The van der Waals surface area contributed by atoms with Crippen LogP contribution in [0.2, 0.25) is 0 Å². The number of thiophene rings is 4. The van der Waals surface area contributed by atoms with Gasteiger partial charge in [-0.25, -0.2) is 14.4 Å². The number of aromatic nitrogens is 4. The second-order valence-electron chi connectivity index (χ2n) is 13.5. The number of pyridine rings is 4. The van der Waals surface area contributed by atoms with E-state index in [0.717, 1.165) is 67.2 Å². The van der Waals surface area contributed by atoms with Crippen molar-refractivity contribution >= 4 is 116 Å². The summed E-state index contributed by atoms with van der Waals surface area (Å²) in [5, 5.41) is 13.5. The molecule has 8 rings (SSSR count). The highest BCUT2D eigenvalue weighted by atomic mass is 32.1. The highest BCUT2D eigenvalue weighted by Crippen LogP contribution is 2.30. The number of carbonyl (C=O) groups excluding carboxylic acids is 4. The molecular formula is C46H46N4O8S4. The minimum atomic E-state index is -0.347. The third-order valence-electron chi connectivity index (χ3n) is 8.73. The number of aliphatic hydroxyl groups excluding tert-OH is 1. The van der Waals surface area contributed by atoms with Gasteiger partial charge >= 0.3 is 17.9 Å². The molecule has 0 fully saturated rings. The standard InChI is InChI=1S/C13H13NO2S.C10H9NO2S.C9H9NOS.C9H7NOS.C5H8O2/c1-8(13(15)16-3)4-10-5-11-9(2)6-14-7-12(11)17-10;1-6-4-11-5-9-7(6)3-8(14-9)10(12)13-2;2*1-6-3-10-4-9-8(6)2-7(5-11)12-9;1-4(2)5(6)7-3/h4-7H,1-3H3;3-5H,1-2H3;2-4,11H,5H2,1H3;2-5H,1H3;1H2,2-3H3/b8-4+;;;;. The van der Waals surface area contributed by atoms with Crippen LogP contribution in [0.25, 0.3) is 46.4 Å². The van der Waals surface area contributed by atoms with Crippen molar-refractivity contribution in [1.82, 2.24) is 19.9 Å². The zero-order valence-electron chi connectivity index (χ0n) is 35.7. The second-order valence-corrected chi connectivity index (χ2v) is 17.9. The number of esters is 3. The number of fused-ring (bicyclic) bond motifs is 4. The van der Waals surface area contributed by atoms with Crippen molar-refractivity contribution in [2.45, 2.75) is 48.1 Å². The quantitative estimate of drug-likeness (QED) is 0.0727. The Morgan fingerprint density at radius 1 is 0.597 bits per heavy atom. The van der Waals surface area contributed by atoms with Gasteiger partial charge in [-0.1, -0.05) is 6.58 Å². The number of hydrogen-bond acceptors (Lipinski definition) is 16. The Morgan fingerprint density at radius 3 is 1.39 bits per heavy atom. The van der Waals surface area contributed by atoms with E-state index in [0.29, 0.717) is 16.0 Å². The summed E-state index contributed by atoms with van der Waals surface area (Å²) in [5.74, 6) is -0.928. The van der Waals surface area contributed by atoms with Gasteiger partial charge in [-0.3, -0.25) is 24.7 Å². The van der Waals surface area contributed by atoms with E-state index in [1.54, 1.807) is 55.1 Å². The smallest absolute Gasteiger partial charge is 0.348 e. The lowest BCUT2D eigenvalue weighted by Crippen LogP contribution is -2.00. The molecule has 0 aliphatic heterocycles. The Morgan fingerprint density at radius 2 is 1.02 bits per heavy atom. The van der Waals surface area contributed by atoms with Crippen molar-refractivity contribution in [2.75, 3.05) is 21.3 Å². The lowest BCUT2D eigenvalue weighted by Gasteiger charge is -1.96. The lowest BCUT2D eigenvalue weighted by atomic mass is 10.2. The fraction of sp³-hybridized carbons (Fsp3) is 0.217. The summed E-state index contributed by atoms with van der Waals surface area (Å²) in [4.78, 5) is 63.0. The van der Waals surface area contributed by atoms with E-state index in [4.69, 9.17) is 5.11 Å². The minimum absolute atomic E-state index is 0.124. The maximum absolute atomic E-state index is 11.3. The van der Waals surface area contributed by atoms with E-state index in [-0.39, 0.29) is 24.5 Å². The molecule has 8 aromatic rings. The molecule has 0 radical (unpaired) electrons. The minimum Gasteiger partial charge on any atom is -0.466 e. The number of carbonyl (C=O) groups is 4. The second kappa shape index (κ2) is 23.3. The van der Waals surface area contributed by atoms with Gasteiger partial charge in [0.1, 0.15) is 4.88 Å². The van der Waals surface area contributed by atoms with Gasteiger partial charge in [-0.2, -0.15) is 0 Å². The molecule has 0 aromatic carbocycles. The van der Waals surface area contributed by atoms with E-state index in [1.807, 2.05) is 83.0 Å². The third-order valence-corrected chi connectivity index (χ3v) is 12.8. The van der Waals surface area contributed by atoms with Gasteiger partial charge in [0.2, 0.25) is 0 Å². The molecule has 0 bridgehead atoms. The number of nitrogens with zero attached hydrogens (tertiary/aromatic N) is 4. The fourth-order valence-corrected chi connectivity index (χ4v) is 9.51. The first kappa shape index (κ1) is 48.6. The van der Waals surface area contributed by atoms with Gasteiger partial charge in [-0.15, -0.1) is 45.3 Å². The first-order chi connectivity index (χ1) is 29.6. The maximum Gasteiger partial charge on any atom is 0.348 e. The van der Waals surface area contributed by atoms with Crippen molar-refractivity contribution in [3.63, 3.8) is 0 Å². The molecular weight excluding hydrogens is 865 g/mol. The van der Waals surface area contributed by atoms with Crippen LogP contribution in [0.15, 0.2) is 91.6 Å². The number of aldehydes is 1. The molecule has 0 aliphatic carbocycles. The summed E-state index contributed by atoms with van der Waals surface area (Å²) in [6.07, 6.45) is 17.2. The van der Waals surface area contributed by atoms with Gasteiger partial charge in [0, 0.05) is 70.5 Å². The van der Waals surface area contributed by atoms with Gasteiger partial charge in [0.15, 0.2) is 6.29 Å². The van der Waals surface area contributed by atoms with Crippen LogP contribution in [0.5, 0.6) is 0 Å². The molecule has 1 N–H and O–H groups in total. The predicted molar refractivity (Wildman–Crippen MR) is 253 cm³/mol. The molecule has 62 heavy (non-hydrogen) atoms. The summed E-state index contributed by atoms with van der Waals surface area (Å²) < 4.78 is 18.0. The van der Waals surface area contributed by atoms with Gasteiger partial charge in [0.05, 0.1) is 51.6 Å². The Kier molecular flexibility index (Phi) is 18.2. The van der Waals surface area contributed by atoms with Crippen molar-refractivity contribution in [1.29, 1.82) is 0 Å². The highest BCUT2D eigenvalue weighted by Gasteiger charge is 2.11. The van der Waals surface area contributed by atoms with Crippen molar-refractivity contribution < 1.29 is 38.5 Å². The Labute approximate surface area is 375 Å². The summed E-state index contributed by atoms with van der Waals surface area (Å²) in [6, 6.07) is 7.85. The molecule has 0 atom stereocenters. The number of rotatable bonds is 6. The van der Waals surface area contributed by atoms with Crippen molar-refractivity contribution in [3.8, 4) is 0 Å². The number of aliphatic hydroxyl groups is 1. The molecule has 0 saturated carbocycles. The molecule has 0 spiro atoms. The molecule has 0 unspecified atom stereocenters. The molecule has 0 amide bonds. The summed E-state index contributed by atoms with van der Waals surface area (Å²) in [5.41, 5.74) is 5.55. The summed E-state index contributed by atoms with van der Waals surface area (Å²) >= 11 is 6.11. The van der Waals surface area contributed by atoms with Crippen LogP contribution in [0.4, 0.5) is 0 Å². The molecule has 8 aromatic heterocycles. The normalized spacial score (nSPS) is 10.6. The Hall–Kier alpha value is -6.04. The topological polar surface area (TPSA) is 168 Å². The van der Waals surface area contributed by atoms with Crippen LogP contribution < -0.4 is 0 Å². The van der Waals surface area contributed by atoms with Crippen LogP contribution in [0, 0.1) is 27.7 Å². The lowest BCUT2D eigenvalue weighted by molar-refractivity contribution is -0.136. The average molecular weight is 911 g/mol. The highest BCUT2D eigenvalue weighted by molar-refractivity contribution is 7.21. The Bertz CT molecular complexity index is 2890. The van der Waals surface area contributed by atoms with Crippen molar-refractivity contribution in [3.05, 3.63) is 133 Å². The molecule has 0 saturated heterocycles. The van der Waals surface area contributed by atoms with E-state index in [2.05, 4.69) is 46.8 Å². The largest absolute Gasteiger partial charge is 0.466 e. The first-order valence-corrected chi connectivity index (χ1v) is 21.9. The fourth-order valence-electron chi connectivity index (χ4n) is 5.49. The van der Waals surface area contributed by atoms with Crippen LogP contribution in [0.1, 0.15) is 65.2 Å². The Balaban J connectivity index is 0.000000174. The molecule has 16 heteroatoms. The number of ether oxygens (including phenoxy) is 3. The van der Waals surface area contributed by atoms with Gasteiger partial charge < -0.3 is 19.3 Å². The van der Waals surface area contributed by atoms with E-state index >= 15 is 0 Å². The van der Waals surface area contributed by atoms with E-state index in [1.165, 1.54) is 60.3 Å². The zero-order valence-corrected chi connectivity index (χ0v) is 39.0. The predicted octanol–water partition coefficient (Wildman–Crippen LogP) is 10.8. The molecule has 322 valence electrons. The van der Waals surface area contributed by atoms with E-state index in [9.17, 15) is 19.2 Å². The zero-order chi connectivity index (χ0) is 45.5. The summed E-state index contributed by atoms with van der Waals surface area (Å²) in [7, 11) is 4.10. The monoisotopic (exact) mass is 910 g/mol. The van der Waals surface area contributed by atoms with Crippen LogP contribution >= 0.6 is 45.3 Å². The molecule has 8 heterocycles. The first-order valence-electron chi connectivity index (χ1n) is 18.6. The van der Waals surface area contributed by atoms with Crippen molar-refractivity contribution in [2.24, 2.45) is 0 Å².